The summed E-state index contributed by atoms with van der Waals surface area (Å²) in [7, 11) is 0. The minimum atomic E-state index is -0.134. The Kier molecular flexibility index (Phi) is 6.20. The number of ether oxygens (including phenoxy) is 2. The van der Waals surface area contributed by atoms with Crippen molar-refractivity contribution < 1.29 is 19.1 Å². The first-order valence-corrected chi connectivity index (χ1v) is 8.51. The summed E-state index contributed by atoms with van der Waals surface area (Å²) in [4.78, 5) is 17.5. The Hall–Kier alpha value is -1.92. The SMILES string of the molecule is O=C(NCC1CCOC1)C1=NOC(COCc2ccccc2)CC1. The smallest absolute Gasteiger partial charge is 0.269 e. The third kappa shape index (κ3) is 5.04. The van der Waals surface area contributed by atoms with Gasteiger partial charge in [0.2, 0.25) is 0 Å². The Balaban J connectivity index is 1.35. The van der Waals surface area contributed by atoms with Crippen molar-refractivity contribution in [2.45, 2.75) is 32.0 Å². The number of amides is 1. The molecule has 0 aliphatic carbocycles. The third-order valence-corrected chi connectivity index (χ3v) is 4.27. The van der Waals surface area contributed by atoms with Crippen LogP contribution in [0, 0.1) is 5.92 Å². The van der Waals surface area contributed by atoms with Crippen molar-refractivity contribution in [2.24, 2.45) is 11.1 Å². The van der Waals surface area contributed by atoms with E-state index < -0.39 is 0 Å². The summed E-state index contributed by atoms with van der Waals surface area (Å²) in [5, 5.41) is 6.89. The van der Waals surface area contributed by atoms with Crippen LogP contribution in [0.2, 0.25) is 0 Å². The van der Waals surface area contributed by atoms with Crippen molar-refractivity contribution in [2.75, 3.05) is 26.4 Å². The normalized spacial score (nSPS) is 23.4. The van der Waals surface area contributed by atoms with Gasteiger partial charge < -0.3 is 19.6 Å². The molecule has 2 aliphatic heterocycles. The molecular formula is C18H24N2O4. The lowest BCUT2D eigenvalue weighted by molar-refractivity contribution is -0.115. The summed E-state index contributed by atoms with van der Waals surface area (Å²) >= 11 is 0. The molecule has 1 aromatic rings. The second-order valence-electron chi connectivity index (χ2n) is 6.24. The maximum Gasteiger partial charge on any atom is 0.269 e. The fraction of sp³-hybridized carbons (Fsp3) is 0.556. The van der Waals surface area contributed by atoms with Crippen LogP contribution in [0.15, 0.2) is 35.5 Å². The molecule has 2 heterocycles. The molecule has 1 N–H and O–H groups in total. The standard InChI is InChI=1S/C18H24N2O4/c21-18(19-10-15-8-9-22-12-15)17-7-6-16(24-20-17)13-23-11-14-4-2-1-3-5-14/h1-5,15-16H,6-13H2,(H,19,21). The van der Waals surface area contributed by atoms with Gasteiger partial charge in [-0.1, -0.05) is 35.5 Å². The van der Waals surface area contributed by atoms with Gasteiger partial charge in [-0.15, -0.1) is 0 Å². The molecule has 0 bridgehead atoms. The zero-order chi connectivity index (χ0) is 16.6. The van der Waals surface area contributed by atoms with Crippen molar-refractivity contribution >= 4 is 11.6 Å². The summed E-state index contributed by atoms with van der Waals surface area (Å²) in [6, 6.07) is 10.0. The molecule has 0 radical (unpaired) electrons. The van der Waals surface area contributed by atoms with E-state index in [0.29, 0.717) is 37.8 Å². The summed E-state index contributed by atoms with van der Waals surface area (Å²) in [5.74, 6) is 0.281. The summed E-state index contributed by atoms with van der Waals surface area (Å²) in [6.45, 7) is 3.19. The monoisotopic (exact) mass is 332 g/mol. The number of carbonyl (C=O) groups excluding carboxylic acids is 1. The lowest BCUT2D eigenvalue weighted by Crippen LogP contribution is -2.37. The van der Waals surface area contributed by atoms with Gasteiger partial charge in [-0.3, -0.25) is 4.79 Å². The van der Waals surface area contributed by atoms with E-state index in [2.05, 4.69) is 10.5 Å². The lowest BCUT2D eigenvalue weighted by atomic mass is 10.1. The molecule has 0 spiro atoms. The molecule has 0 saturated carbocycles. The minimum Gasteiger partial charge on any atom is -0.390 e. The van der Waals surface area contributed by atoms with E-state index in [1.165, 1.54) is 0 Å². The summed E-state index contributed by atoms with van der Waals surface area (Å²) < 4.78 is 11.0. The van der Waals surface area contributed by atoms with Crippen molar-refractivity contribution in [3.8, 4) is 0 Å². The number of benzene rings is 1. The van der Waals surface area contributed by atoms with Crippen LogP contribution >= 0.6 is 0 Å². The highest BCUT2D eigenvalue weighted by Crippen LogP contribution is 2.14. The molecule has 1 fully saturated rings. The fourth-order valence-electron chi connectivity index (χ4n) is 2.77. The van der Waals surface area contributed by atoms with Crippen LogP contribution < -0.4 is 5.32 Å². The first-order valence-electron chi connectivity index (χ1n) is 8.51. The van der Waals surface area contributed by atoms with E-state index in [4.69, 9.17) is 14.3 Å². The number of nitrogens with one attached hydrogen (secondary N) is 1. The zero-order valence-corrected chi connectivity index (χ0v) is 13.8. The Morgan fingerprint density at radius 2 is 2.17 bits per heavy atom. The molecular weight excluding hydrogens is 308 g/mol. The van der Waals surface area contributed by atoms with Gasteiger partial charge in [0.25, 0.3) is 5.91 Å². The first kappa shape index (κ1) is 16.9. The van der Waals surface area contributed by atoms with Gasteiger partial charge >= 0.3 is 0 Å². The average Bonchev–Trinajstić information content (AvgIpc) is 3.15. The quantitative estimate of drug-likeness (QED) is 0.828. The van der Waals surface area contributed by atoms with Gasteiger partial charge in [-0.25, -0.2) is 0 Å². The third-order valence-electron chi connectivity index (χ3n) is 4.27. The molecule has 1 aromatic carbocycles. The lowest BCUT2D eigenvalue weighted by Gasteiger charge is -2.21. The van der Waals surface area contributed by atoms with E-state index in [9.17, 15) is 4.79 Å². The number of carbonyl (C=O) groups is 1. The van der Waals surface area contributed by atoms with E-state index in [0.717, 1.165) is 31.6 Å². The fourth-order valence-corrected chi connectivity index (χ4v) is 2.77. The number of nitrogens with zero attached hydrogens (tertiary/aromatic N) is 1. The van der Waals surface area contributed by atoms with Gasteiger partial charge in [0.05, 0.1) is 19.8 Å². The van der Waals surface area contributed by atoms with Crippen LogP contribution in [-0.2, 0) is 25.7 Å². The molecule has 130 valence electrons. The molecule has 2 unspecified atom stereocenters. The molecule has 0 aromatic heterocycles. The van der Waals surface area contributed by atoms with Crippen LogP contribution in [0.25, 0.3) is 0 Å². The molecule has 3 rings (SSSR count). The molecule has 6 nitrogen and oxygen atoms in total. The highest BCUT2D eigenvalue weighted by atomic mass is 16.7. The van der Waals surface area contributed by atoms with Gasteiger partial charge in [-0.05, 0) is 18.4 Å². The van der Waals surface area contributed by atoms with E-state index in [1.54, 1.807) is 0 Å². The minimum absolute atomic E-state index is 0.0894. The number of oxime groups is 1. The molecule has 1 amide bonds. The van der Waals surface area contributed by atoms with Gasteiger partial charge in [0, 0.05) is 25.5 Å². The second kappa shape index (κ2) is 8.80. The van der Waals surface area contributed by atoms with Gasteiger partial charge in [0.15, 0.2) is 6.10 Å². The number of rotatable bonds is 7. The Morgan fingerprint density at radius 3 is 2.88 bits per heavy atom. The first-order chi connectivity index (χ1) is 11.8. The average molecular weight is 332 g/mol. The zero-order valence-electron chi connectivity index (χ0n) is 13.8. The highest BCUT2D eigenvalue weighted by Gasteiger charge is 2.23. The maximum atomic E-state index is 12.1. The summed E-state index contributed by atoms with van der Waals surface area (Å²) in [6.07, 6.45) is 2.28. The van der Waals surface area contributed by atoms with Gasteiger partial charge in [0.1, 0.15) is 5.71 Å². The largest absolute Gasteiger partial charge is 0.390 e. The van der Waals surface area contributed by atoms with Crippen LogP contribution in [-0.4, -0.2) is 44.1 Å². The molecule has 1 saturated heterocycles. The predicted octanol–water partition coefficient (Wildman–Crippen LogP) is 1.89. The van der Waals surface area contributed by atoms with Crippen LogP contribution in [0.4, 0.5) is 0 Å². The topological polar surface area (TPSA) is 69.2 Å². The van der Waals surface area contributed by atoms with Crippen LogP contribution in [0.3, 0.4) is 0 Å². The Morgan fingerprint density at radius 1 is 1.29 bits per heavy atom. The predicted molar refractivity (Wildman–Crippen MR) is 89.6 cm³/mol. The Labute approximate surface area is 142 Å². The van der Waals surface area contributed by atoms with E-state index in [1.807, 2.05) is 30.3 Å². The number of hydrogen-bond donors (Lipinski definition) is 1. The van der Waals surface area contributed by atoms with Gasteiger partial charge in [-0.2, -0.15) is 0 Å². The van der Waals surface area contributed by atoms with Crippen molar-refractivity contribution in [1.82, 2.24) is 5.32 Å². The van der Waals surface area contributed by atoms with Crippen molar-refractivity contribution in [3.05, 3.63) is 35.9 Å². The molecule has 6 heteroatoms. The van der Waals surface area contributed by atoms with Crippen LogP contribution in [0.1, 0.15) is 24.8 Å². The number of hydrogen-bond acceptors (Lipinski definition) is 5. The van der Waals surface area contributed by atoms with Crippen LogP contribution in [0.5, 0.6) is 0 Å². The highest BCUT2D eigenvalue weighted by molar-refractivity contribution is 6.38. The van der Waals surface area contributed by atoms with E-state index in [-0.39, 0.29) is 12.0 Å². The van der Waals surface area contributed by atoms with Crippen molar-refractivity contribution in [3.63, 3.8) is 0 Å². The Bertz CT molecular complexity index is 555. The molecule has 24 heavy (non-hydrogen) atoms. The molecule has 2 aliphatic rings. The summed E-state index contributed by atoms with van der Waals surface area (Å²) in [5.41, 5.74) is 1.60. The maximum absolute atomic E-state index is 12.1. The second-order valence-corrected chi connectivity index (χ2v) is 6.24. The van der Waals surface area contributed by atoms with Crippen molar-refractivity contribution in [1.29, 1.82) is 0 Å². The van der Waals surface area contributed by atoms with E-state index >= 15 is 0 Å². The molecule has 2 atom stereocenters.